The fraction of sp³-hybridized carbons (Fsp3) is 0.0625. The minimum absolute atomic E-state index is 0.242. The van der Waals surface area contributed by atoms with E-state index in [1.807, 2.05) is 6.92 Å². The molecule has 0 aromatic heterocycles. The second-order valence-corrected chi connectivity index (χ2v) is 5.41. The molecule has 0 saturated carbocycles. The normalized spacial score (nSPS) is 10.8. The van der Waals surface area contributed by atoms with Crippen molar-refractivity contribution in [2.45, 2.75) is 6.92 Å². The van der Waals surface area contributed by atoms with E-state index < -0.39 is 0 Å². The monoisotopic (exact) mass is 320 g/mol. The van der Waals surface area contributed by atoms with E-state index in [4.69, 9.17) is 28.9 Å². The summed E-state index contributed by atoms with van der Waals surface area (Å²) in [5, 5.41) is 3.84. The Balaban J connectivity index is 2.09. The highest BCUT2D eigenvalue weighted by Crippen LogP contribution is 2.22. The van der Waals surface area contributed by atoms with Crippen molar-refractivity contribution in [2.24, 2.45) is 0 Å². The summed E-state index contributed by atoms with van der Waals surface area (Å²) in [4.78, 5) is 11.9. The van der Waals surface area contributed by atoms with Crippen molar-refractivity contribution in [3.63, 3.8) is 0 Å². The molecule has 0 saturated heterocycles. The molecule has 0 fully saturated rings. The number of hydrogen-bond acceptors (Lipinski definition) is 2. The van der Waals surface area contributed by atoms with Crippen molar-refractivity contribution in [2.75, 3.05) is 11.1 Å². The van der Waals surface area contributed by atoms with E-state index in [1.54, 1.807) is 42.5 Å². The molecule has 0 bridgehead atoms. The van der Waals surface area contributed by atoms with E-state index in [2.05, 4.69) is 5.32 Å². The van der Waals surface area contributed by atoms with Gasteiger partial charge < -0.3 is 11.1 Å². The van der Waals surface area contributed by atoms with Gasteiger partial charge in [0, 0.05) is 27.5 Å². The Morgan fingerprint density at radius 2 is 1.95 bits per heavy atom. The quantitative estimate of drug-likeness (QED) is 0.644. The Labute approximate surface area is 133 Å². The van der Waals surface area contributed by atoms with Gasteiger partial charge in [-0.2, -0.15) is 0 Å². The molecule has 21 heavy (non-hydrogen) atoms. The Hall–Kier alpha value is -1.97. The molecule has 5 heteroatoms. The van der Waals surface area contributed by atoms with Gasteiger partial charge in [-0.1, -0.05) is 29.3 Å². The summed E-state index contributed by atoms with van der Waals surface area (Å²) in [6, 6.07) is 10.4. The van der Waals surface area contributed by atoms with Gasteiger partial charge in [0.05, 0.1) is 0 Å². The third-order valence-electron chi connectivity index (χ3n) is 2.89. The Morgan fingerprint density at radius 3 is 2.62 bits per heavy atom. The second-order valence-electron chi connectivity index (χ2n) is 4.56. The highest BCUT2D eigenvalue weighted by Gasteiger charge is 2.03. The minimum atomic E-state index is -0.242. The van der Waals surface area contributed by atoms with Gasteiger partial charge in [-0.25, -0.2) is 0 Å². The molecule has 108 valence electrons. The number of carbonyl (C=O) groups excluding carboxylic acids is 1. The average Bonchev–Trinajstić information content (AvgIpc) is 2.41. The number of amides is 1. The Kier molecular flexibility index (Phi) is 4.89. The number of benzene rings is 2. The third kappa shape index (κ3) is 4.25. The highest BCUT2D eigenvalue weighted by molar-refractivity contribution is 6.35. The van der Waals surface area contributed by atoms with Gasteiger partial charge in [0.15, 0.2) is 0 Å². The average molecular weight is 321 g/mol. The predicted octanol–water partition coefficient (Wildman–Crippen LogP) is 4.54. The van der Waals surface area contributed by atoms with E-state index in [0.717, 1.165) is 16.8 Å². The molecule has 0 radical (unpaired) electrons. The van der Waals surface area contributed by atoms with Crippen molar-refractivity contribution in [1.82, 2.24) is 0 Å². The van der Waals surface area contributed by atoms with Crippen LogP contribution in [-0.2, 0) is 4.79 Å². The number of halogens is 2. The Morgan fingerprint density at radius 1 is 1.19 bits per heavy atom. The summed E-state index contributed by atoms with van der Waals surface area (Å²) in [6.07, 6.45) is 3.06. The van der Waals surface area contributed by atoms with E-state index in [0.29, 0.717) is 15.7 Å². The minimum Gasteiger partial charge on any atom is -0.399 e. The highest BCUT2D eigenvalue weighted by atomic mass is 35.5. The maximum absolute atomic E-state index is 11.9. The van der Waals surface area contributed by atoms with Gasteiger partial charge in [0.25, 0.3) is 0 Å². The molecule has 0 heterocycles. The molecule has 1 amide bonds. The second kappa shape index (κ2) is 6.66. The molecule has 0 unspecified atom stereocenters. The topological polar surface area (TPSA) is 55.1 Å². The Bertz CT molecular complexity index is 711. The third-order valence-corrected chi connectivity index (χ3v) is 3.45. The lowest BCUT2D eigenvalue weighted by Crippen LogP contribution is -2.09. The molecule has 3 N–H and O–H groups in total. The SMILES string of the molecule is Cc1cc(N)ccc1NC(=O)/C=C/c1ccc(Cl)cc1Cl. The van der Waals surface area contributed by atoms with Gasteiger partial charge in [-0.15, -0.1) is 0 Å². The van der Waals surface area contributed by atoms with Crippen LogP contribution in [0.15, 0.2) is 42.5 Å². The molecule has 0 aliphatic rings. The van der Waals surface area contributed by atoms with E-state index >= 15 is 0 Å². The first-order chi connectivity index (χ1) is 9.95. The first-order valence-electron chi connectivity index (χ1n) is 6.26. The molecule has 0 atom stereocenters. The van der Waals surface area contributed by atoms with Gasteiger partial charge in [-0.3, -0.25) is 4.79 Å². The maximum atomic E-state index is 11.9. The van der Waals surface area contributed by atoms with Gasteiger partial charge in [0.1, 0.15) is 0 Å². The summed E-state index contributed by atoms with van der Waals surface area (Å²) in [5.74, 6) is -0.242. The molecule has 0 aliphatic carbocycles. The molecule has 0 aliphatic heterocycles. The van der Waals surface area contributed by atoms with Crippen LogP contribution in [0.1, 0.15) is 11.1 Å². The van der Waals surface area contributed by atoms with Crippen LogP contribution in [0.5, 0.6) is 0 Å². The zero-order valence-electron chi connectivity index (χ0n) is 11.4. The maximum Gasteiger partial charge on any atom is 0.248 e. The largest absolute Gasteiger partial charge is 0.399 e. The number of rotatable bonds is 3. The number of nitrogens with one attached hydrogen (secondary N) is 1. The van der Waals surface area contributed by atoms with Crippen molar-refractivity contribution < 1.29 is 4.79 Å². The van der Waals surface area contributed by atoms with Crippen molar-refractivity contribution in [3.05, 3.63) is 63.6 Å². The summed E-state index contributed by atoms with van der Waals surface area (Å²) in [5.41, 5.74) is 8.69. The zero-order valence-corrected chi connectivity index (χ0v) is 12.9. The fourth-order valence-electron chi connectivity index (χ4n) is 1.80. The first kappa shape index (κ1) is 15.4. The van der Waals surface area contributed by atoms with Crippen LogP contribution in [0.4, 0.5) is 11.4 Å². The molecular weight excluding hydrogens is 307 g/mol. The van der Waals surface area contributed by atoms with Crippen molar-refractivity contribution in [1.29, 1.82) is 0 Å². The summed E-state index contributed by atoms with van der Waals surface area (Å²) in [7, 11) is 0. The van der Waals surface area contributed by atoms with Crippen LogP contribution < -0.4 is 11.1 Å². The van der Waals surface area contributed by atoms with Crippen LogP contribution in [0.2, 0.25) is 10.0 Å². The fourth-order valence-corrected chi connectivity index (χ4v) is 2.28. The van der Waals surface area contributed by atoms with Crippen LogP contribution >= 0.6 is 23.2 Å². The summed E-state index contributed by atoms with van der Waals surface area (Å²) >= 11 is 11.9. The lowest BCUT2D eigenvalue weighted by Gasteiger charge is -2.07. The molecule has 2 aromatic carbocycles. The molecule has 3 nitrogen and oxygen atoms in total. The van der Waals surface area contributed by atoms with Crippen molar-refractivity contribution >= 4 is 46.6 Å². The number of aryl methyl sites for hydroxylation is 1. The first-order valence-corrected chi connectivity index (χ1v) is 7.01. The number of hydrogen-bond donors (Lipinski definition) is 2. The smallest absolute Gasteiger partial charge is 0.248 e. The molecular formula is C16H14Cl2N2O. The van der Waals surface area contributed by atoms with E-state index in [-0.39, 0.29) is 5.91 Å². The van der Waals surface area contributed by atoms with Gasteiger partial charge in [0.2, 0.25) is 5.91 Å². The van der Waals surface area contributed by atoms with E-state index in [1.165, 1.54) is 6.08 Å². The van der Waals surface area contributed by atoms with Crippen LogP contribution in [0.3, 0.4) is 0 Å². The molecule has 0 spiro atoms. The van der Waals surface area contributed by atoms with Crippen LogP contribution in [0.25, 0.3) is 6.08 Å². The van der Waals surface area contributed by atoms with Crippen molar-refractivity contribution in [3.8, 4) is 0 Å². The summed E-state index contributed by atoms with van der Waals surface area (Å²) in [6.45, 7) is 1.88. The molecule has 2 aromatic rings. The molecule has 2 rings (SSSR count). The lowest BCUT2D eigenvalue weighted by atomic mass is 10.1. The summed E-state index contributed by atoms with van der Waals surface area (Å²) < 4.78 is 0. The van der Waals surface area contributed by atoms with E-state index in [9.17, 15) is 4.79 Å². The number of nitrogen functional groups attached to an aromatic ring is 1. The van der Waals surface area contributed by atoms with Gasteiger partial charge in [-0.05, 0) is 54.5 Å². The van der Waals surface area contributed by atoms with Crippen LogP contribution in [0, 0.1) is 6.92 Å². The number of carbonyl (C=O) groups is 1. The zero-order chi connectivity index (χ0) is 15.4. The number of nitrogens with two attached hydrogens (primary N) is 1. The standard InChI is InChI=1S/C16H14Cl2N2O/c1-10-8-13(19)5-6-15(10)20-16(21)7-3-11-2-4-12(17)9-14(11)18/h2-9H,19H2,1H3,(H,20,21)/b7-3+. The number of anilines is 2. The van der Waals surface area contributed by atoms with Crippen LogP contribution in [-0.4, -0.2) is 5.91 Å². The van der Waals surface area contributed by atoms with Gasteiger partial charge >= 0.3 is 0 Å². The predicted molar refractivity (Wildman–Crippen MR) is 89.7 cm³/mol. The lowest BCUT2D eigenvalue weighted by molar-refractivity contribution is -0.111.